The number of amides is 2. The molecule has 0 fully saturated rings. The first-order valence-electron chi connectivity index (χ1n) is 10.6. The largest absolute Gasteiger partial charge is 0.508 e. The Labute approximate surface area is 191 Å². The van der Waals surface area contributed by atoms with E-state index < -0.39 is 23.4 Å². The Kier molecular flexibility index (Phi) is 10.0. The third kappa shape index (κ3) is 11.3. The zero-order valence-electron chi connectivity index (χ0n) is 19.9. The number of benzene rings is 1. The van der Waals surface area contributed by atoms with Crippen LogP contribution in [0.15, 0.2) is 29.3 Å². The number of hydrogen-bond donors (Lipinski definition) is 2. The van der Waals surface area contributed by atoms with Crippen molar-refractivity contribution in [3.8, 4) is 18.1 Å². The first-order valence-corrected chi connectivity index (χ1v) is 10.6. The maximum absolute atomic E-state index is 12.9. The quantitative estimate of drug-likeness (QED) is 0.291. The minimum atomic E-state index is -0.732. The summed E-state index contributed by atoms with van der Waals surface area (Å²) in [6.07, 6.45) is 5.46. The van der Waals surface area contributed by atoms with Gasteiger partial charge >= 0.3 is 12.2 Å². The van der Waals surface area contributed by atoms with Gasteiger partial charge in [0.15, 0.2) is 0 Å². The van der Waals surface area contributed by atoms with E-state index in [2.05, 4.69) is 16.2 Å². The zero-order chi connectivity index (χ0) is 24.4. The van der Waals surface area contributed by atoms with Gasteiger partial charge < -0.3 is 14.6 Å². The van der Waals surface area contributed by atoms with E-state index in [-0.39, 0.29) is 24.8 Å². The Hall–Kier alpha value is -3.21. The topological polar surface area (TPSA) is 100 Å². The van der Waals surface area contributed by atoms with E-state index in [1.54, 1.807) is 65.8 Å². The molecule has 176 valence electrons. The average Bonchev–Trinajstić information content (AvgIpc) is 2.63. The molecule has 0 saturated carbocycles. The summed E-state index contributed by atoms with van der Waals surface area (Å²) in [6.45, 7) is 11.0. The molecule has 8 heteroatoms. The number of rotatable bonds is 6. The highest BCUT2D eigenvalue weighted by Gasteiger charge is 2.28. The van der Waals surface area contributed by atoms with Gasteiger partial charge in [-0.2, -0.15) is 0 Å². The number of carbonyl (C=O) groups is 2. The standard InChI is InChI=1S/C24H35N3O5/c1-8-9-10-17-27(22(30)32-24(5,6)7)20(26-21(29)31-23(2,3)4)25-16-15-18-11-13-19(28)14-12-18/h1,11-14,28H,9-10,15-17H2,2-7H3,(H,25,26,29). The molecule has 0 aliphatic rings. The van der Waals surface area contributed by atoms with Crippen LogP contribution in [0.5, 0.6) is 5.75 Å². The van der Waals surface area contributed by atoms with E-state index in [1.807, 2.05) is 0 Å². The van der Waals surface area contributed by atoms with E-state index >= 15 is 0 Å². The molecule has 1 aromatic carbocycles. The fourth-order valence-electron chi connectivity index (χ4n) is 2.48. The number of hydrogen-bond acceptors (Lipinski definition) is 6. The highest BCUT2D eigenvalue weighted by molar-refractivity contribution is 6.01. The zero-order valence-corrected chi connectivity index (χ0v) is 19.9. The normalized spacial score (nSPS) is 12.0. The number of nitrogens with one attached hydrogen (secondary N) is 1. The number of carbonyl (C=O) groups excluding carboxylic acids is 2. The molecular formula is C24H35N3O5. The van der Waals surface area contributed by atoms with Crippen LogP contribution >= 0.6 is 0 Å². The predicted octanol–water partition coefficient (Wildman–Crippen LogP) is 4.47. The third-order valence-electron chi connectivity index (χ3n) is 3.78. The molecule has 0 aliphatic heterocycles. The van der Waals surface area contributed by atoms with Crippen molar-refractivity contribution in [2.75, 3.05) is 13.1 Å². The van der Waals surface area contributed by atoms with Crippen LogP contribution < -0.4 is 5.32 Å². The SMILES string of the molecule is C#CCCCN(C(=O)OC(C)(C)C)C(=NCCc1ccc(O)cc1)NC(=O)OC(C)(C)C. The summed E-state index contributed by atoms with van der Waals surface area (Å²) in [6, 6.07) is 6.74. The van der Waals surface area contributed by atoms with Crippen LogP contribution in [0, 0.1) is 12.3 Å². The molecule has 2 amide bonds. The number of unbranched alkanes of at least 4 members (excludes halogenated alkanes) is 1. The molecule has 0 unspecified atom stereocenters. The molecule has 0 bridgehead atoms. The van der Waals surface area contributed by atoms with Crippen LogP contribution in [0.4, 0.5) is 9.59 Å². The summed E-state index contributed by atoms with van der Waals surface area (Å²) < 4.78 is 10.8. The fourth-order valence-corrected chi connectivity index (χ4v) is 2.48. The molecular weight excluding hydrogens is 410 g/mol. The molecule has 2 N–H and O–H groups in total. The highest BCUT2D eigenvalue weighted by Crippen LogP contribution is 2.13. The molecule has 0 aromatic heterocycles. The van der Waals surface area contributed by atoms with Crippen molar-refractivity contribution in [2.45, 2.75) is 72.0 Å². The monoisotopic (exact) mass is 445 g/mol. The second kappa shape index (κ2) is 12.0. The second-order valence-electron chi connectivity index (χ2n) is 9.19. The number of ether oxygens (including phenoxy) is 2. The van der Waals surface area contributed by atoms with Gasteiger partial charge in [0.1, 0.15) is 17.0 Å². The summed E-state index contributed by atoms with van der Waals surface area (Å²) >= 11 is 0. The van der Waals surface area contributed by atoms with Gasteiger partial charge in [-0.1, -0.05) is 12.1 Å². The molecule has 0 aliphatic carbocycles. The minimum Gasteiger partial charge on any atom is -0.508 e. The summed E-state index contributed by atoms with van der Waals surface area (Å²) in [5, 5.41) is 12.0. The van der Waals surface area contributed by atoms with Crippen molar-refractivity contribution >= 4 is 18.1 Å². The van der Waals surface area contributed by atoms with E-state index in [1.165, 1.54) is 4.90 Å². The van der Waals surface area contributed by atoms with Gasteiger partial charge in [-0.3, -0.25) is 10.3 Å². The minimum absolute atomic E-state index is 0.0318. The number of aliphatic imine (C=N–C) groups is 1. The van der Waals surface area contributed by atoms with Gasteiger partial charge in [0, 0.05) is 19.5 Å². The number of alkyl carbamates (subject to hydrolysis) is 1. The number of phenolic OH excluding ortho intramolecular Hbond substituents is 1. The molecule has 8 nitrogen and oxygen atoms in total. The Bertz CT molecular complexity index is 827. The molecule has 0 heterocycles. The molecule has 1 aromatic rings. The Morgan fingerprint density at radius 1 is 1.09 bits per heavy atom. The molecule has 0 spiro atoms. The number of terminal acetylenes is 1. The summed E-state index contributed by atoms with van der Waals surface area (Å²) in [5.74, 6) is 2.75. The van der Waals surface area contributed by atoms with Crippen molar-refractivity contribution in [3.63, 3.8) is 0 Å². The van der Waals surface area contributed by atoms with E-state index in [4.69, 9.17) is 15.9 Å². The van der Waals surface area contributed by atoms with E-state index in [9.17, 15) is 14.7 Å². The molecule has 0 radical (unpaired) electrons. The fraction of sp³-hybridized carbons (Fsp3) is 0.542. The maximum atomic E-state index is 12.9. The van der Waals surface area contributed by atoms with Crippen molar-refractivity contribution in [1.82, 2.24) is 10.2 Å². The second-order valence-corrected chi connectivity index (χ2v) is 9.19. The predicted molar refractivity (Wildman–Crippen MR) is 124 cm³/mol. The van der Waals surface area contributed by atoms with Crippen LogP contribution in [-0.4, -0.2) is 52.4 Å². The Balaban J connectivity index is 3.13. The van der Waals surface area contributed by atoms with Crippen molar-refractivity contribution in [2.24, 2.45) is 4.99 Å². The number of guanidine groups is 1. The molecule has 0 saturated heterocycles. The van der Waals surface area contributed by atoms with Crippen molar-refractivity contribution in [1.29, 1.82) is 0 Å². The van der Waals surface area contributed by atoms with E-state index in [0.29, 0.717) is 19.3 Å². The lowest BCUT2D eigenvalue weighted by Gasteiger charge is -2.28. The van der Waals surface area contributed by atoms with E-state index in [0.717, 1.165) is 5.56 Å². The lowest BCUT2D eigenvalue weighted by Crippen LogP contribution is -2.50. The summed E-state index contributed by atoms with van der Waals surface area (Å²) in [7, 11) is 0. The molecule has 1 rings (SSSR count). The maximum Gasteiger partial charge on any atom is 0.417 e. The van der Waals surface area contributed by atoms with Crippen LogP contribution in [0.3, 0.4) is 0 Å². The van der Waals surface area contributed by atoms with Gasteiger partial charge in [-0.15, -0.1) is 12.3 Å². The Morgan fingerprint density at radius 2 is 1.69 bits per heavy atom. The summed E-state index contributed by atoms with van der Waals surface area (Å²) in [4.78, 5) is 31.0. The van der Waals surface area contributed by atoms with Crippen LogP contribution in [-0.2, 0) is 15.9 Å². The van der Waals surface area contributed by atoms with Gasteiger partial charge in [0.2, 0.25) is 5.96 Å². The van der Waals surface area contributed by atoms with Crippen molar-refractivity contribution in [3.05, 3.63) is 29.8 Å². The van der Waals surface area contributed by atoms with Crippen LogP contribution in [0.1, 0.15) is 59.9 Å². The number of aromatic hydroxyl groups is 1. The Morgan fingerprint density at radius 3 is 2.22 bits per heavy atom. The van der Waals surface area contributed by atoms with Gasteiger partial charge in [0.25, 0.3) is 0 Å². The van der Waals surface area contributed by atoms with Gasteiger partial charge in [0.05, 0.1) is 0 Å². The first kappa shape index (κ1) is 26.8. The number of phenols is 1. The summed E-state index contributed by atoms with van der Waals surface area (Å²) in [5.41, 5.74) is -0.509. The average molecular weight is 446 g/mol. The lowest BCUT2D eigenvalue weighted by atomic mass is 10.1. The molecule has 0 atom stereocenters. The first-order chi connectivity index (χ1) is 14.8. The lowest BCUT2D eigenvalue weighted by molar-refractivity contribution is 0.0357. The third-order valence-corrected chi connectivity index (χ3v) is 3.78. The molecule has 32 heavy (non-hydrogen) atoms. The number of nitrogens with zero attached hydrogens (tertiary/aromatic N) is 2. The smallest absolute Gasteiger partial charge is 0.417 e. The van der Waals surface area contributed by atoms with Gasteiger partial charge in [-0.25, -0.2) is 14.5 Å². The van der Waals surface area contributed by atoms with Crippen molar-refractivity contribution < 1.29 is 24.2 Å². The van der Waals surface area contributed by atoms with Crippen LogP contribution in [0.2, 0.25) is 0 Å². The highest BCUT2D eigenvalue weighted by atomic mass is 16.6. The van der Waals surface area contributed by atoms with Crippen LogP contribution in [0.25, 0.3) is 0 Å². The van der Waals surface area contributed by atoms with Gasteiger partial charge in [-0.05, 0) is 72.1 Å².